The largest absolute Gasteiger partial charge is 0.0874 e. The summed E-state index contributed by atoms with van der Waals surface area (Å²) >= 11 is 3.46. The molecule has 0 fully saturated rings. The monoisotopic (exact) mass is 204 g/mol. The highest BCUT2D eigenvalue weighted by Crippen LogP contribution is 2.03. The van der Waals surface area contributed by atoms with Crippen LogP contribution < -0.4 is 0 Å². The van der Waals surface area contributed by atoms with Crippen molar-refractivity contribution in [3.05, 3.63) is 12.2 Å². The molecule has 0 rings (SSSR count). The van der Waals surface area contributed by atoms with E-state index in [-0.39, 0.29) is 0 Å². The highest BCUT2D eigenvalue weighted by atomic mass is 79.9. The summed E-state index contributed by atoms with van der Waals surface area (Å²) in [5, 5.41) is 0. The zero-order chi connectivity index (χ0) is 7.82. The minimum absolute atomic E-state index is 0.536. The molecular formula is C9H17Br. The summed E-state index contributed by atoms with van der Waals surface area (Å²) in [6, 6.07) is 0. The van der Waals surface area contributed by atoms with Crippen LogP contribution in [0.5, 0.6) is 0 Å². The van der Waals surface area contributed by atoms with Gasteiger partial charge in [0.25, 0.3) is 0 Å². The number of rotatable bonds is 5. The molecule has 0 aliphatic rings. The molecule has 0 aromatic carbocycles. The first-order valence-corrected chi connectivity index (χ1v) is 4.99. The average Bonchev–Trinajstić information content (AvgIpc) is 1.87. The van der Waals surface area contributed by atoms with E-state index in [2.05, 4.69) is 41.9 Å². The number of allylic oxidation sites excluding steroid dienone is 2. The van der Waals surface area contributed by atoms with Gasteiger partial charge in [0.1, 0.15) is 0 Å². The maximum absolute atomic E-state index is 3.46. The summed E-state index contributed by atoms with van der Waals surface area (Å²) < 4.78 is 0. The van der Waals surface area contributed by atoms with Crippen molar-refractivity contribution in [2.75, 3.05) is 0 Å². The Bertz CT molecular complexity index is 84.7. The van der Waals surface area contributed by atoms with Crippen LogP contribution in [0.25, 0.3) is 0 Å². The topological polar surface area (TPSA) is 0 Å². The van der Waals surface area contributed by atoms with Gasteiger partial charge in [0.15, 0.2) is 0 Å². The Morgan fingerprint density at radius 1 is 1.40 bits per heavy atom. The number of unbranched alkanes of at least 4 members (excludes halogenated alkanes) is 3. The van der Waals surface area contributed by atoms with Crippen LogP contribution in [-0.2, 0) is 0 Å². The lowest BCUT2D eigenvalue weighted by Gasteiger charge is -1.93. The minimum atomic E-state index is 0.536. The van der Waals surface area contributed by atoms with E-state index in [1.54, 1.807) is 0 Å². The van der Waals surface area contributed by atoms with E-state index >= 15 is 0 Å². The normalized spacial score (nSPS) is 14.3. The van der Waals surface area contributed by atoms with Crippen molar-refractivity contribution in [2.24, 2.45) is 0 Å². The van der Waals surface area contributed by atoms with Gasteiger partial charge in [-0.15, -0.1) is 0 Å². The Hall–Kier alpha value is 0.220. The van der Waals surface area contributed by atoms with Gasteiger partial charge >= 0.3 is 0 Å². The standard InChI is InChI=1S/C9H17Br/c1-3-4-5-6-7-8-9(2)10/h7-9H,3-6H2,1-2H3. The molecular weight excluding hydrogens is 188 g/mol. The van der Waals surface area contributed by atoms with E-state index in [0.717, 1.165) is 0 Å². The molecule has 0 nitrogen and oxygen atoms in total. The lowest BCUT2D eigenvalue weighted by molar-refractivity contribution is 0.728. The van der Waals surface area contributed by atoms with Gasteiger partial charge in [-0.3, -0.25) is 0 Å². The van der Waals surface area contributed by atoms with Gasteiger partial charge in [-0.2, -0.15) is 0 Å². The van der Waals surface area contributed by atoms with Crippen molar-refractivity contribution in [1.82, 2.24) is 0 Å². The molecule has 10 heavy (non-hydrogen) atoms. The lowest BCUT2D eigenvalue weighted by Crippen LogP contribution is -1.79. The van der Waals surface area contributed by atoms with Crippen LogP contribution in [0, 0.1) is 0 Å². The van der Waals surface area contributed by atoms with E-state index in [1.165, 1.54) is 25.7 Å². The first-order chi connectivity index (χ1) is 4.77. The van der Waals surface area contributed by atoms with Crippen LogP contribution in [0.15, 0.2) is 12.2 Å². The third-order valence-corrected chi connectivity index (χ3v) is 1.68. The SMILES string of the molecule is CCCCCC=CC(C)Br. The molecule has 60 valence electrons. The van der Waals surface area contributed by atoms with Crippen LogP contribution in [0.2, 0.25) is 0 Å². The van der Waals surface area contributed by atoms with E-state index in [0.29, 0.717) is 4.83 Å². The van der Waals surface area contributed by atoms with Gasteiger partial charge in [-0.25, -0.2) is 0 Å². The molecule has 1 heteroatoms. The molecule has 0 bridgehead atoms. The summed E-state index contributed by atoms with van der Waals surface area (Å²) in [4.78, 5) is 0.536. The zero-order valence-corrected chi connectivity index (χ0v) is 8.52. The quantitative estimate of drug-likeness (QED) is 0.362. The highest BCUT2D eigenvalue weighted by molar-refractivity contribution is 9.09. The molecule has 1 unspecified atom stereocenters. The van der Waals surface area contributed by atoms with Crippen molar-refractivity contribution in [1.29, 1.82) is 0 Å². The predicted molar refractivity (Wildman–Crippen MR) is 51.7 cm³/mol. The van der Waals surface area contributed by atoms with Crippen molar-refractivity contribution in [2.45, 2.75) is 44.4 Å². The second-order valence-corrected chi connectivity index (χ2v) is 4.05. The second kappa shape index (κ2) is 7.33. The van der Waals surface area contributed by atoms with Crippen molar-refractivity contribution in [3.8, 4) is 0 Å². The van der Waals surface area contributed by atoms with Crippen LogP contribution in [-0.4, -0.2) is 4.83 Å². The maximum Gasteiger partial charge on any atom is 0.0297 e. The zero-order valence-electron chi connectivity index (χ0n) is 6.94. The molecule has 0 N–H and O–H groups in total. The fourth-order valence-corrected chi connectivity index (χ4v) is 1.01. The van der Waals surface area contributed by atoms with Crippen molar-refractivity contribution < 1.29 is 0 Å². The first-order valence-electron chi connectivity index (χ1n) is 4.08. The first kappa shape index (κ1) is 10.2. The molecule has 0 heterocycles. The molecule has 0 radical (unpaired) electrons. The van der Waals surface area contributed by atoms with E-state index < -0.39 is 0 Å². The van der Waals surface area contributed by atoms with E-state index in [9.17, 15) is 0 Å². The van der Waals surface area contributed by atoms with Crippen LogP contribution in [0.1, 0.15) is 39.5 Å². The number of hydrogen-bond donors (Lipinski definition) is 0. The Balaban J connectivity index is 3.02. The van der Waals surface area contributed by atoms with Crippen LogP contribution >= 0.6 is 15.9 Å². The van der Waals surface area contributed by atoms with E-state index in [1.807, 2.05) is 0 Å². The number of alkyl halides is 1. The summed E-state index contributed by atoms with van der Waals surface area (Å²) in [5.74, 6) is 0. The fraction of sp³-hybridized carbons (Fsp3) is 0.778. The third kappa shape index (κ3) is 8.22. The predicted octanol–water partition coefficient (Wildman–Crippen LogP) is 3.91. The summed E-state index contributed by atoms with van der Waals surface area (Å²) in [7, 11) is 0. The van der Waals surface area contributed by atoms with Gasteiger partial charge < -0.3 is 0 Å². The molecule has 0 aromatic heterocycles. The van der Waals surface area contributed by atoms with Gasteiger partial charge in [0, 0.05) is 4.83 Å². The lowest BCUT2D eigenvalue weighted by atomic mass is 10.2. The average molecular weight is 205 g/mol. The van der Waals surface area contributed by atoms with Gasteiger partial charge in [-0.05, 0) is 19.8 Å². The fourth-order valence-electron chi connectivity index (χ4n) is 0.796. The van der Waals surface area contributed by atoms with Gasteiger partial charge in [0.2, 0.25) is 0 Å². The Morgan fingerprint density at radius 3 is 2.60 bits per heavy atom. The summed E-state index contributed by atoms with van der Waals surface area (Å²) in [6.07, 6.45) is 9.72. The maximum atomic E-state index is 3.46. The van der Waals surface area contributed by atoms with Crippen molar-refractivity contribution in [3.63, 3.8) is 0 Å². The van der Waals surface area contributed by atoms with E-state index in [4.69, 9.17) is 0 Å². The minimum Gasteiger partial charge on any atom is -0.0874 e. The van der Waals surface area contributed by atoms with Crippen molar-refractivity contribution >= 4 is 15.9 Å². The number of hydrogen-bond acceptors (Lipinski definition) is 0. The molecule has 0 aliphatic heterocycles. The molecule has 0 saturated heterocycles. The summed E-state index contributed by atoms with van der Waals surface area (Å²) in [5.41, 5.74) is 0. The smallest absolute Gasteiger partial charge is 0.0297 e. The molecule has 1 atom stereocenters. The van der Waals surface area contributed by atoms with Gasteiger partial charge in [-0.1, -0.05) is 47.8 Å². The number of halogens is 1. The highest BCUT2D eigenvalue weighted by Gasteiger charge is 1.85. The third-order valence-electron chi connectivity index (χ3n) is 1.38. The molecule has 0 amide bonds. The Kier molecular flexibility index (Phi) is 7.49. The van der Waals surface area contributed by atoms with Crippen LogP contribution in [0.4, 0.5) is 0 Å². The molecule has 0 aromatic rings. The van der Waals surface area contributed by atoms with Crippen LogP contribution in [0.3, 0.4) is 0 Å². The molecule has 0 saturated carbocycles. The molecule has 0 aliphatic carbocycles. The Morgan fingerprint density at radius 2 is 2.10 bits per heavy atom. The van der Waals surface area contributed by atoms with Gasteiger partial charge in [0.05, 0.1) is 0 Å². The molecule has 0 spiro atoms. The Labute approximate surface area is 72.8 Å². The summed E-state index contributed by atoms with van der Waals surface area (Å²) in [6.45, 7) is 4.37. The second-order valence-electron chi connectivity index (χ2n) is 2.60.